The fraction of sp³-hybridized carbons (Fsp3) is 0. The maximum absolute atomic E-state index is 3.92. The Morgan fingerprint density at radius 1 is 1.56 bits per heavy atom. The van der Waals surface area contributed by atoms with E-state index in [1.165, 1.54) is 0 Å². The van der Waals surface area contributed by atoms with Crippen molar-refractivity contribution in [2.24, 2.45) is 0 Å². The third-order valence-electron chi connectivity index (χ3n) is 1.13. The molecule has 4 nitrogen and oxygen atoms in total. The fourth-order valence-electron chi connectivity index (χ4n) is 0.716. The smallest absolute Gasteiger partial charge is 0.176 e. The molecule has 1 aliphatic heterocycles. The van der Waals surface area contributed by atoms with Gasteiger partial charge in [0.1, 0.15) is 6.33 Å². The zero-order valence-electron chi connectivity index (χ0n) is 4.65. The van der Waals surface area contributed by atoms with Gasteiger partial charge in [-0.1, -0.05) is 0 Å². The van der Waals surface area contributed by atoms with E-state index in [-0.39, 0.29) is 0 Å². The van der Waals surface area contributed by atoms with Crippen molar-refractivity contribution in [2.45, 2.75) is 0 Å². The predicted molar refractivity (Wildman–Crippen MR) is 32.5 cm³/mol. The first kappa shape index (κ1) is 4.43. The summed E-state index contributed by atoms with van der Waals surface area (Å²) in [5.74, 6) is 0.831. The van der Waals surface area contributed by atoms with E-state index in [2.05, 4.69) is 15.8 Å². The molecule has 1 aromatic heterocycles. The highest BCUT2D eigenvalue weighted by Crippen LogP contribution is 2.07. The highest BCUT2D eigenvalue weighted by atomic mass is 15.4. The van der Waals surface area contributed by atoms with Crippen LogP contribution in [0.1, 0.15) is 0 Å². The summed E-state index contributed by atoms with van der Waals surface area (Å²) in [4.78, 5) is 3.88. The molecule has 0 saturated heterocycles. The molecule has 1 aliphatic rings. The number of fused-ring (bicyclic) bond motifs is 1. The molecule has 9 heavy (non-hydrogen) atoms. The van der Waals surface area contributed by atoms with Gasteiger partial charge in [0.25, 0.3) is 0 Å². The fourth-order valence-corrected chi connectivity index (χ4v) is 0.716. The van der Waals surface area contributed by atoms with Crippen molar-refractivity contribution in [3.63, 3.8) is 0 Å². The Morgan fingerprint density at radius 3 is 3.44 bits per heavy atom. The van der Waals surface area contributed by atoms with Gasteiger partial charge in [-0.05, 0) is 0 Å². The second kappa shape index (κ2) is 1.51. The first-order chi connectivity index (χ1) is 4.47. The molecule has 1 aromatic rings. The van der Waals surface area contributed by atoms with Crippen LogP contribution in [0.15, 0.2) is 18.7 Å². The number of hydrogen-bond acceptors (Lipinski definition) is 2. The number of hydrogen-bond donors (Lipinski definition) is 1. The van der Waals surface area contributed by atoms with Crippen LogP contribution in [0.2, 0.25) is 0 Å². The molecule has 0 saturated carbocycles. The molecule has 0 aliphatic carbocycles. The average molecular weight is 121 g/mol. The van der Waals surface area contributed by atoms with Gasteiger partial charge >= 0.3 is 0 Å². The lowest BCUT2D eigenvalue weighted by Gasteiger charge is -2.06. The topological polar surface area (TPSA) is 44.0 Å². The van der Waals surface area contributed by atoms with E-state index in [4.69, 9.17) is 0 Å². The minimum Gasteiger partial charge on any atom is -0.288 e. The van der Waals surface area contributed by atoms with Crippen molar-refractivity contribution in [3.8, 4) is 0 Å². The van der Waals surface area contributed by atoms with Gasteiger partial charge in [0.2, 0.25) is 0 Å². The first-order valence-corrected chi connectivity index (χ1v) is 2.61. The molecule has 45 valence electrons. The molecule has 2 heterocycles. The van der Waals surface area contributed by atoms with Crippen molar-refractivity contribution >= 4 is 12.0 Å². The summed E-state index contributed by atoms with van der Waals surface area (Å²) in [5.41, 5.74) is 6.63. The molecule has 1 N–H and O–H groups in total. The molecule has 4 heteroatoms. The molecular formula is C5H5N4. The summed E-state index contributed by atoms with van der Waals surface area (Å²) < 4.78 is 1.83. The Labute approximate surface area is 52.2 Å². The van der Waals surface area contributed by atoms with Gasteiger partial charge < -0.3 is 0 Å². The minimum absolute atomic E-state index is 0.831. The summed E-state index contributed by atoms with van der Waals surface area (Å²) in [6.07, 6.45) is 7.00. The molecule has 2 rings (SSSR count). The van der Waals surface area contributed by atoms with Crippen molar-refractivity contribution in [1.82, 2.24) is 20.4 Å². The Bertz CT molecular complexity index is 237. The Balaban J connectivity index is 2.53. The van der Waals surface area contributed by atoms with Crippen LogP contribution in [0.4, 0.5) is 5.82 Å². The van der Waals surface area contributed by atoms with E-state index in [0.29, 0.717) is 0 Å². The Kier molecular flexibility index (Phi) is 0.745. The highest BCUT2D eigenvalue weighted by Gasteiger charge is 2.01. The summed E-state index contributed by atoms with van der Waals surface area (Å²) >= 11 is 0. The van der Waals surface area contributed by atoms with Crippen molar-refractivity contribution in [1.29, 1.82) is 0 Å². The van der Waals surface area contributed by atoms with Crippen LogP contribution in [-0.4, -0.2) is 9.55 Å². The van der Waals surface area contributed by atoms with Gasteiger partial charge in [-0.15, -0.1) is 0 Å². The number of rotatable bonds is 0. The van der Waals surface area contributed by atoms with Crippen LogP contribution in [-0.2, 0) is 0 Å². The monoisotopic (exact) mass is 121 g/mol. The first-order valence-electron chi connectivity index (χ1n) is 2.61. The van der Waals surface area contributed by atoms with Crippen LogP contribution in [0.25, 0.3) is 6.20 Å². The lowest BCUT2D eigenvalue weighted by Crippen LogP contribution is -2.18. The molecular weight excluding hydrogens is 116 g/mol. The van der Waals surface area contributed by atoms with Crippen LogP contribution in [0.3, 0.4) is 0 Å². The Hall–Kier alpha value is -1.45. The quantitative estimate of drug-likeness (QED) is 0.527. The number of imidazole rings is 1. The summed E-state index contributed by atoms with van der Waals surface area (Å²) in [6.45, 7) is 0. The number of aromatic nitrogens is 2. The van der Waals surface area contributed by atoms with Crippen molar-refractivity contribution in [2.75, 3.05) is 0 Å². The van der Waals surface area contributed by atoms with E-state index in [1.54, 1.807) is 18.7 Å². The lowest BCUT2D eigenvalue weighted by molar-refractivity contribution is 0.723. The van der Waals surface area contributed by atoms with Crippen molar-refractivity contribution < 1.29 is 0 Å². The summed E-state index contributed by atoms with van der Waals surface area (Å²) in [7, 11) is 0. The minimum atomic E-state index is 0.831. The number of nitrogens with one attached hydrogen (secondary N) is 1. The second-order valence-electron chi connectivity index (χ2n) is 1.72. The van der Waals surface area contributed by atoms with Gasteiger partial charge in [-0.25, -0.2) is 4.98 Å². The molecule has 1 radical (unpaired) electrons. The normalized spacial score (nSPS) is 13.8. The lowest BCUT2D eigenvalue weighted by atomic mass is 10.7. The van der Waals surface area contributed by atoms with Crippen molar-refractivity contribution in [3.05, 3.63) is 18.7 Å². The maximum atomic E-state index is 3.92. The molecule has 0 atom stereocenters. The number of nitrogens with zero attached hydrogens (tertiary/aromatic N) is 3. The van der Waals surface area contributed by atoms with E-state index >= 15 is 0 Å². The molecule has 0 bridgehead atoms. The molecule has 0 fully saturated rings. The third-order valence-corrected chi connectivity index (χ3v) is 1.13. The van der Waals surface area contributed by atoms with Crippen LogP contribution >= 0.6 is 0 Å². The largest absolute Gasteiger partial charge is 0.288 e. The Morgan fingerprint density at radius 2 is 2.56 bits per heavy atom. The van der Waals surface area contributed by atoms with Gasteiger partial charge in [-0.2, -0.15) is 5.43 Å². The van der Waals surface area contributed by atoms with Gasteiger partial charge in [0.15, 0.2) is 5.82 Å². The zero-order valence-corrected chi connectivity index (χ0v) is 4.65. The van der Waals surface area contributed by atoms with E-state index in [9.17, 15) is 0 Å². The SMILES string of the molecule is C1=Cn2cncc2[N]N1. The third kappa shape index (κ3) is 0.561. The van der Waals surface area contributed by atoms with E-state index in [0.717, 1.165) is 5.82 Å². The second-order valence-corrected chi connectivity index (χ2v) is 1.72. The van der Waals surface area contributed by atoms with Gasteiger partial charge in [0, 0.05) is 12.4 Å². The van der Waals surface area contributed by atoms with E-state index < -0.39 is 0 Å². The predicted octanol–water partition coefficient (Wildman–Crippen LogP) is 0.0654. The van der Waals surface area contributed by atoms with E-state index in [1.807, 2.05) is 10.8 Å². The standard InChI is InChI=1S/C5H5N4/c1-2-9-4-6-3-5(9)8-7-1/h1-4,7H. The van der Waals surface area contributed by atoms with Crippen LogP contribution in [0, 0.1) is 0 Å². The summed E-state index contributed by atoms with van der Waals surface area (Å²) in [6, 6.07) is 0. The average Bonchev–Trinajstić information content (AvgIpc) is 2.33. The molecule has 0 unspecified atom stereocenters. The molecule has 0 amide bonds. The van der Waals surface area contributed by atoms with Gasteiger partial charge in [0.05, 0.1) is 6.20 Å². The zero-order chi connectivity index (χ0) is 6.10. The summed E-state index contributed by atoms with van der Waals surface area (Å²) in [5, 5.41) is 0. The van der Waals surface area contributed by atoms with Crippen LogP contribution < -0.4 is 10.9 Å². The highest BCUT2D eigenvalue weighted by molar-refractivity contribution is 5.38. The van der Waals surface area contributed by atoms with Crippen LogP contribution in [0.5, 0.6) is 0 Å². The molecule has 0 spiro atoms. The van der Waals surface area contributed by atoms with Gasteiger partial charge in [-0.3, -0.25) is 9.99 Å². The maximum Gasteiger partial charge on any atom is 0.176 e. The molecule has 0 aromatic carbocycles.